The maximum atomic E-state index is 13.1. The molecule has 31 heavy (non-hydrogen) atoms. The zero-order valence-corrected chi connectivity index (χ0v) is 17.4. The van der Waals surface area contributed by atoms with Gasteiger partial charge in [-0.15, -0.1) is 0 Å². The number of ether oxygens (including phenoxy) is 2. The van der Waals surface area contributed by atoms with Gasteiger partial charge < -0.3 is 19.3 Å². The Morgan fingerprint density at radius 3 is 1.97 bits per heavy atom. The van der Waals surface area contributed by atoms with Crippen LogP contribution in [0.1, 0.15) is 17.2 Å². The average molecular weight is 416 g/mol. The van der Waals surface area contributed by atoms with E-state index in [2.05, 4.69) is 60.7 Å². The lowest BCUT2D eigenvalue weighted by Gasteiger charge is -2.38. The zero-order chi connectivity index (χ0) is 21.0. The Bertz CT molecular complexity index is 978. The maximum Gasteiger partial charge on any atom is 0.267 e. The van der Waals surface area contributed by atoms with Crippen molar-refractivity contribution in [3.63, 3.8) is 0 Å². The van der Waals surface area contributed by atoms with Crippen molar-refractivity contribution in [3.8, 4) is 11.5 Å². The van der Waals surface area contributed by atoms with Gasteiger partial charge >= 0.3 is 0 Å². The van der Waals surface area contributed by atoms with Crippen LogP contribution in [0.15, 0.2) is 84.9 Å². The van der Waals surface area contributed by atoms with E-state index in [1.54, 1.807) is 0 Å². The van der Waals surface area contributed by atoms with Gasteiger partial charge in [-0.2, -0.15) is 0 Å². The number of nitrogens with zero attached hydrogens (tertiary/aromatic N) is 1. The average Bonchev–Trinajstić information content (AvgIpc) is 2.85. The van der Waals surface area contributed by atoms with Crippen LogP contribution in [0.4, 0.5) is 0 Å². The van der Waals surface area contributed by atoms with Crippen molar-refractivity contribution in [2.24, 2.45) is 0 Å². The van der Waals surface area contributed by atoms with Crippen molar-refractivity contribution in [1.29, 1.82) is 0 Å². The molecule has 1 atom stereocenters. The number of carbonyl (C=O) groups excluding carboxylic acids is 1. The highest BCUT2D eigenvalue weighted by molar-refractivity contribution is 5.82. The highest BCUT2D eigenvalue weighted by Crippen LogP contribution is 2.31. The van der Waals surface area contributed by atoms with Gasteiger partial charge in [0.25, 0.3) is 5.91 Å². The molecule has 0 radical (unpaired) electrons. The Kier molecular flexibility index (Phi) is 5.59. The highest BCUT2D eigenvalue weighted by atomic mass is 16.6. The maximum absolute atomic E-state index is 13.1. The number of hydrogen-bond acceptors (Lipinski definition) is 3. The first-order valence-electron chi connectivity index (χ1n) is 10.9. The lowest BCUT2D eigenvalue weighted by molar-refractivity contribution is -0.929. The molecule has 1 amide bonds. The first kappa shape index (κ1) is 19.6. The molecule has 3 aromatic carbocycles. The van der Waals surface area contributed by atoms with Crippen LogP contribution < -0.4 is 14.4 Å². The lowest BCUT2D eigenvalue weighted by atomic mass is 9.96. The molecule has 0 bridgehead atoms. The summed E-state index contributed by atoms with van der Waals surface area (Å²) in [6, 6.07) is 29.1. The van der Waals surface area contributed by atoms with Gasteiger partial charge in [0.1, 0.15) is 12.6 Å². The van der Waals surface area contributed by atoms with Gasteiger partial charge in [-0.1, -0.05) is 72.8 Å². The summed E-state index contributed by atoms with van der Waals surface area (Å²) in [4.78, 5) is 16.5. The Hall–Kier alpha value is -3.31. The van der Waals surface area contributed by atoms with Crippen molar-refractivity contribution in [2.75, 3.05) is 32.8 Å². The first-order valence-corrected chi connectivity index (χ1v) is 10.9. The van der Waals surface area contributed by atoms with Crippen LogP contribution in [0.2, 0.25) is 0 Å². The van der Waals surface area contributed by atoms with E-state index in [0.717, 1.165) is 13.1 Å². The summed E-state index contributed by atoms with van der Waals surface area (Å²) in [7, 11) is 0. The number of hydrogen-bond donors (Lipinski definition) is 1. The number of para-hydroxylation sites is 2. The van der Waals surface area contributed by atoms with Crippen molar-refractivity contribution in [2.45, 2.75) is 12.1 Å². The van der Waals surface area contributed by atoms with E-state index < -0.39 is 6.10 Å². The van der Waals surface area contributed by atoms with E-state index in [0.29, 0.717) is 24.6 Å². The Balaban J connectivity index is 1.27. The topological polar surface area (TPSA) is 43.2 Å². The first-order chi connectivity index (χ1) is 15.3. The molecule has 1 N–H and O–H groups in total. The number of fused-ring (bicyclic) bond motifs is 1. The van der Waals surface area contributed by atoms with Crippen LogP contribution in [0.3, 0.4) is 0 Å². The Morgan fingerprint density at radius 1 is 0.806 bits per heavy atom. The quantitative estimate of drug-likeness (QED) is 0.711. The van der Waals surface area contributed by atoms with Crippen LogP contribution in [0.5, 0.6) is 11.5 Å². The minimum atomic E-state index is -0.574. The monoisotopic (exact) mass is 415 g/mol. The molecule has 1 saturated heterocycles. The molecule has 5 rings (SSSR count). The number of piperazine rings is 1. The van der Waals surface area contributed by atoms with Crippen LogP contribution in [-0.2, 0) is 4.79 Å². The van der Waals surface area contributed by atoms with Crippen LogP contribution >= 0.6 is 0 Å². The summed E-state index contributed by atoms with van der Waals surface area (Å²) in [6.45, 7) is 3.48. The molecule has 0 aliphatic carbocycles. The summed E-state index contributed by atoms with van der Waals surface area (Å²) < 4.78 is 11.7. The molecule has 1 fully saturated rings. The fraction of sp³-hybridized carbons (Fsp3) is 0.269. The third kappa shape index (κ3) is 4.14. The molecule has 2 heterocycles. The molecule has 5 nitrogen and oxygen atoms in total. The summed E-state index contributed by atoms with van der Waals surface area (Å²) in [5.41, 5.74) is 2.62. The minimum absolute atomic E-state index is 0.0181. The van der Waals surface area contributed by atoms with E-state index in [1.807, 2.05) is 29.2 Å². The van der Waals surface area contributed by atoms with Crippen molar-refractivity contribution >= 4 is 5.91 Å². The second-order valence-electron chi connectivity index (χ2n) is 8.10. The van der Waals surface area contributed by atoms with E-state index in [4.69, 9.17) is 9.47 Å². The number of rotatable bonds is 4. The van der Waals surface area contributed by atoms with Crippen LogP contribution in [0, 0.1) is 0 Å². The molecule has 158 valence electrons. The highest BCUT2D eigenvalue weighted by Gasteiger charge is 2.36. The lowest BCUT2D eigenvalue weighted by Crippen LogP contribution is -3.15. The molecule has 0 unspecified atom stereocenters. The van der Waals surface area contributed by atoms with E-state index >= 15 is 0 Å². The van der Waals surface area contributed by atoms with Crippen molar-refractivity contribution < 1.29 is 19.2 Å². The minimum Gasteiger partial charge on any atom is -0.485 e. The van der Waals surface area contributed by atoms with Gasteiger partial charge in [0.15, 0.2) is 11.5 Å². The largest absolute Gasteiger partial charge is 0.485 e. The molecular weight excluding hydrogens is 388 g/mol. The van der Waals surface area contributed by atoms with Gasteiger partial charge in [-0.05, 0) is 12.1 Å². The SMILES string of the molecule is O=C([C@@H]1COc2ccccc2O1)N1CC[NH+](C(c2ccccc2)c2ccccc2)CC1. The van der Waals surface area contributed by atoms with Gasteiger partial charge in [0, 0.05) is 11.1 Å². The summed E-state index contributed by atoms with van der Waals surface area (Å²) in [5, 5.41) is 0. The second kappa shape index (κ2) is 8.82. The smallest absolute Gasteiger partial charge is 0.267 e. The molecule has 2 aliphatic heterocycles. The molecular formula is C26H27N2O3+. The molecule has 0 saturated carbocycles. The standard InChI is InChI=1S/C26H26N2O3/c29-26(24-19-30-22-13-7-8-14-23(22)31-24)28-17-15-27(16-18-28)25(20-9-3-1-4-10-20)21-11-5-2-6-12-21/h1-14,24-25H,15-19H2/p+1/t24-/m0/s1. The molecule has 0 aromatic heterocycles. The third-order valence-electron chi connectivity index (χ3n) is 6.18. The normalized spacial score (nSPS) is 18.7. The number of benzene rings is 3. The number of amides is 1. The summed E-state index contributed by atoms with van der Waals surface area (Å²) >= 11 is 0. The predicted molar refractivity (Wildman–Crippen MR) is 118 cm³/mol. The van der Waals surface area contributed by atoms with E-state index in [1.165, 1.54) is 16.0 Å². The number of carbonyl (C=O) groups is 1. The van der Waals surface area contributed by atoms with E-state index in [9.17, 15) is 4.79 Å². The predicted octanol–water partition coefficient (Wildman–Crippen LogP) is 2.34. The van der Waals surface area contributed by atoms with Crippen LogP contribution in [0.25, 0.3) is 0 Å². The second-order valence-corrected chi connectivity index (χ2v) is 8.10. The molecule has 0 spiro atoms. The van der Waals surface area contributed by atoms with Gasteiger partial charge in [-0.3, -0.25) is 4.79 Å². The molecule has 3 aromatic rings. The summed E-state index contributed by atoms with van der Waals surface area (Å²) in [6.07, 6.45) is -0.574. The molecule has 5 heteroatoms. The Labute approximate surface area is 182 Å². The van der Waals surface area contributed by atoms with Gasteiger partial charge in [-0.25, -0.2) is 0 Å². The van der Waals surface area contributed by atoms with E-state index in [-0.39, 0.29) is 18.6 Å². The zero-order valence-electron chi connectivity index (χ0n) is 17.4. The fourth-order valence-electron chi connectivity index (χ4n) is 4.60. The van der Waals surface area contributed by atoms with Gasteiger partial charge in [0.05, 0.1) is 26.2 Å². The molecule has 2 aliphatic rings. The van der Waals surface area contributed by atoms with Crippen LogP contribution in [-0.4, -0.2) is 49.7 Å². The summed E-state index contributed by atoms with van der Waals surface area (Å²) in [5.74, 6) is 1.36. The van der Waals surface area contributed by atoms with Crippen molar-refractivity contribution in [1.82, 2.24) is 4.90 Å². The van der Waals surface area contributed by atoms with Crippen molar-refractivity contribution in [3.05, 3.63) is 96.1 Å². The number of quaternary nitrogens is 1. The number of nitrogens with one attached hydrogen (secondary N) is 1. The van der Waals surface area contributed by atoms with Gasteiger partial charge in [0.2, 0.25) is 6.10 Å². The fourth-order valence-corrected chi connectivity index (χ4v) is 4.60. The Morgan fingerprint density at radius 2 is 1.35 bits per heavy atom. The third-order valence-corrected chi connectivity index (χ3v) is 6.18.